The number of anilines is 3. The Balaban J connectivity index is 1.03. The van der Waals surface area contributed by atoms with Crippen molar-refractivity contribution in [2.75, 3.05) is 4.90 Å². The Bertz CT molecular complexity index is 5660. The molecule has 0 fully saturated rings. The lowest BCUT2D eigenvalue weighted by molar-refractivity contribution is 0.332. The second-order valence-corrected chi connectivity index (χ2v) is 34.5. The van der Waals surface area contributed by atoms with E-state index in [4.69, 9.17) is 0 Å². The fraction of sp³-hybridized carbons (Fsp3) is 0.250. The van der Waals surface area contributed by atoms with Gasteiger partial charge in [-0.2, -0.15) is 0 Å². The van der Waals surface area contributed by atoms with E-state index in [-0.39, 0.29) is 39.2 Å². The van der Waals surface area contributed by atoms with Crippen LogP contribution in [0.5, 0.6) is 0 Å². The van der Waals surface area contributed by atoms with Crippen molar-refractivity contribution in [1.29, 1.82) is 0 Å². The second kappa shape index (κ2) is 21.4. The molecular formula is C96H89BN2. The van der Waals surface area contributed by atoms with Crippen LogP contribution >= 0.6 is 0 Å². The number of rotatable bonds is 6. The molecule has 4 aliphatic rings. The maximum Gasteiger partial charge on any atom is 0.252 e. The van der Waals surface area contributed by atoms with Gasteiger partial charge in [-0.1, -0.05) is 291 Å². The topological polar surface area (TPSA) is 8.17 Å². The first kappa shape index (κ1) is 61.6. The molecule has 3 heterocycles. The van der Waals surface area contributed by atoms with Crippen LogP contribution in [0.25, 0.3) is 115 Å². The van der Waals surface area contributed by atoms with E-state index < -0.39 is 0 Å². The zero-order valence-electron chi connectivity index (χ0n) is 60.3. The summed E-state index contributed by atoms with van der Waals surface area (Å²) in [7, 11) is 0. The Hall–Kier alpha value is -9.70. The summed E-state index contributed by atoms with van der Waals surface area (Å²) >= 11 is 0. The predicted molar refractivity (Wildman–Crippen MR) is 428 cm³/mol. The number of hydrogen-bond donors (Lipinski definition) is 0. The van der Waals surface area contributed by atoms with Gasteiger partial charge in [0, 0.05) is 38.9 Å². The standard InChI is InChI=1S/C96H89BN2/c1-91(2,3)63-38-41-65(42-39-63)98-83-46-40-64(92(4,5)6)56-80(83)97-81-57-74-72-31-21-20-29-70(72)71-30-22-23-32-73(71)87(74)88-75-51-59(67-28-19-18-27-66(67)58-25-16-15-17-26-58)37-45-82(75)99(90(81)88)85-55-62(54-84(98)89(85)97)86-68(60-35-43-76-78(52-60)95(11,12)49-47-93(76,7)8)33-24-34-69(86)61-36-44-77-79(53-61)96(13,14)50-48-94(77,9)10/h15-46,51-57H,47-50H2,1-14H3. The number of aromatic nitrogens is 1. The summed E-state index contributed by atoms with van der Waals surface area (Å²) in [4.78, 5) is 2.67. The van der Waals surface area contributed by atoms with Gasteiger partial charge >= 0.3 is 0 Å². The van der Waals surface area contributed by atoms with Crippen LogP contribution in [0, 0.1) is 0 Å². The number of fused-ring (bicyclic) bond motifs is 16. The van der Waals surface area contributed by atoms with Crippen LogP contribution in [0.1, 0.15) is 156 Å². The average molecular weight is 1280 g/mol. The highest BCUT2D eigenvalue weighted by molar-refractivity contribution is 7.00. The molecule has 486 valence electrons. The van der Waals surface area contributed by atoms with Gasteiger partial charge in [0.25, 0.3) is 6.71 Å². The minimum atomic E-state index is -0.133. The molecule has 2 aliphatic heterocycles. The molecule has 0 saturated heterocycles. The maximum absolute atomic E-state index is 2.75. The molecule has 0 amide bonds. The highest BCUT2D eigenvalue weighted by Gasteiger charge is 2.45. The monoisotopic (exact) mass is 1280 g/mol. The van der Waals surface area contributed by atoms with Crippen molar-refractivity contribution in [2.24, 2.45) is 0 Å². The van der Waals surface area contributed by atoms with Crippen LogP contribution in [-0.2, 0) is 32.5 Å². The molecule has 1 aromatic heterocycles. The van der Waals surface area contributed by atoms with E-state index >= 15 is 0 Å². The normalized spacial score (nSPS) is 16.3. The third kappa shape index (κ3) is 9.34. The van der Waals surface area contributed by atoms with Crippen LogP contribution in [0.4, 0.5) is 17.1 Å². The summed E-state index contributed by atoms with van der Waals surface area (Å²) in [6, 6.07) is 93.4. The van der Waals surface area contributed by atoms with E-state index in [1.165, 1.54) is 189 Å². The minimum Gasteiger partial charge on any atom is -0.311 e. The van der Waals surface area contributed by atoms with Gasteiger partial charge < -0.3 is 9.47 Å². The molecule has 13 aromatic carbocycles. The first-order valence-electron chi connectivity index (χ1n) is 36.5. The van der Waals surface area contributed by atoms with Crippen LogP contribution < -0.4 is 21.3 Å². The van der Waals surface area contributed by atoms with E-state index in [1.54, 1.807) is 0 Å². The van der Waals surface area contributed by atoms with Gasteiger partial charge in [-0.3, -0.25) is 0 Å². The fourth-order valence-electron chi connectivity index (χ4n) is 18.6. The first-order chi connectivity index (χ1) is 47.3. The second-order valence-electron chi connectivity index (χ2n) is 34.5. The molecule has 0 spiro atoms. The lowest BCUT2D eigenvalue weighted by Gasteiger charge is -2.42. The zero-order chi connectivity index (χ0) is 68.2. The van der Waals surface area contributed by atoms with Crippen molar-refractivity contribution in [2.45, 2.75) is 155 Å². The Kier molecular flexibility index (Phi) is 13.3. The molecule has 0 N–H and O–H groups in total. The molecule has 0 saturated carbocycles. The summed E-state index contributed by atoms with van der Waals surface area (Å²) in [6.07, 6.45) is 4.63. The largest absolute Gasteiger partial charge is 0.311 e. The quantitative estimate of drug-likeness (QED) is 0.119. The van der Waals surface area contributed by atoms with E-state index in [2.05, 4.69) is 343 Å². The maximum atomic E-state index is 2.75. The summed E-state index contributed by atoms with van der Waals surface area (Å²) < 4.78 is 2.75. The van der Waals surface area contributed by atoms with E-state index in [0.29, 0.717) is 0 Å². The molecule has 0 atom stereocenters. The van der Waals surface area contributed by atoms with Gasteiger partial charge in [-0.25, -0.2) is 0 Å². The number of hydrogen-bond acceptors (Lipinski definition) is 1. The fourth-order valence-corrected chi connectivity index (χ4v) is 18.6. The zero-order valence-corrected chi connectivity index (χ0v) is 60.3. The van der Waals surface area contributed by atoms with E-state index in [0.717, 1.165) is 18.5 Å². The van der Waals surface area contributed by atoms with Gasteiger partial charge in [0.15, 0.2) is 0 Å². The molecule has 0 unspecified atom stereocenters. The van der Waals surface area contributed by atoms with Gasteiger partial charge in [0.05, 0.1) is 11.0 Å². The van der Waals surface area contributed by atoms with Crippen LogP contribution in [0.2, 0.25) is 0 Å². The summed E-state index contributed by atoms with van der Waals surface area (Å²) in [5.41, 5.74) is 32.3. The van der Waals surface area contributed by atoms with Crippen molar-refractivity contribution >= 4 is 94.3 Å². The third-order valence-corrected chi connectivity index (χ3v) is 24.4. The SMILES string of the molecule is CC(C)(C)c1ccc(N2c3ccc(C(C)(C)C)cc3B3c4c2cc(-c2c(-c5ccc6c(c5)C(C)(C)CCC6(C)C)cccc2-c2ccc5c(c2)C(C)(C)CCC5(C)C)cc4-n2c4ccc(-c5ccccc5-c5ccccc5)cc4c4c5c6ccccc6c6ccccc6c5cc3c42)cc1. The highest BCUT2D eigenvalue weighted by atomic mass is 15.2. The van der Waals surface area contributed by atoms with Crippen molar-refractivity contribution in [1.82, 2.24) is 4.57 Å². The van der Waals surface area contributed by atoms with Gasteiger partial charge in [0.2, 0.25) is 0 Å². The van der Waals surface area contributed by atoms with Crippen molar-refractivity contribution in [3.8, 4) is 61.3 Å². The molecular weight excluding hydrogens is 1190 g/mol. The predicted octanol–water partition coefficient (Wildman–Crippen LogP) is 24.5. The minimum absolute atomic E-state index is 0.0172. The van der Waals surface area contributed by atoms with Gasteiger partial charge in [0.1, 0.15) is 0 Å². The van der Waals surface area contributed by atoms with Crippen LogP contribution in [0.15, 0.2) is 237 Å². The van der Waals surface area contributed by atoms with Crippen molar-refractivity contribution < 1.29 is 0 Å². The Morgan fingerprint density at radius 2 is 0.808 bits per heavy atom. The molecule has 99 heavy (non-hydrogen) atoms. The van der Waals surface area contributed by atoms with Gasteiger partial charge in [-0.05, 0) is 233 Å². The highest BCUT2D eigenvalue weighted by Crippen LogP contribution is 2.54. The molecule has 14 aromatic rings. The molecule has 2 nitrogen and oxygen atoms in total. The summed E-state index contributed by atoms with van der Waals surface area (Å²) in [6.45, 7) is 33.8. The molecule has 2 aliphatic carbocycles. The molecule has 18 rings (SSSR count). The third-order valence-electron chi connectivity index (χ3n) is 24.4. The smallest absolute Gasteiger partial charge is 0.252 e. The molecule has 0 bridgehead atoms. The van der Waals surface area contributed by atoms with Crippen LogP contribution in [-0.4, -0.2) is 11.3 Å². The van der Waals surface area contributed by atoms with E-state index in [9.17, 15) is 0 Å². The summed E-state index contributed by atoms with van der Waals surface area (Å²) in [5.74, 6) is 0. The Labute approximate surface area is 586 Å². The average Bonchev–Trinajstić information content (AvgIpc) is 1.59. The van der Waals surface area contributed by atoms with Crippen molar-refractivity contribution in [3.05, 3.63) is 270 Å². The summed E-state index contributed by atoms with van der Waals surface area (Å²) in [5, 5.41) is 10.3. The Morgan fingerprint density at radius 1 is 0.323 bits per heavy atom. The van der Waals surface area contributed by atoms with E-state index in [1.807, 2.05) is 0 Å². The number of nitrogens with zero attached hydrogens (tertiary/aromatic N) is 2. The lowest BCUT2D eigenvalue weighted by Crippen LogP contribution is -2.60. The number of benzene rings is 13. The lowest BCUT2D eigenvalue weighted by atomic mass is 9.33. The molecule has 3 heteroatoms. The van der Waals surface area contributed by atoms with Crippen LogP contribution in [0.3, 0.4) is 0 Å². The molecule has 0 radical (unpaired) electrons. The first-order valence-corrected chi connectivity index (χ1v) is 36.5. The van der Waals surface area contributed by atoms with Crippen molar-refractivity contribution in [3.63, 3.8) is 0 Å². The Morgan fingerprint density at radius 3 is 1.40 bits per heavy atom. The van der Waals surface area contributed by atoms with Gasteiger partial charge in [-0.15, -0.1) is 0 Å².